The third-order valence-electron chi connectivity index (χ3n) is 6.43. The number of halogens is 3. The van der Waals surface area contributed by atoms with Gasteiger partial charge in [0.1, 0.15) is 24.1 Å². The molecule has 0 saturated carbocycles. The fraction of sp³-hybridized carbons (Fsp3) is 0.650. The standard InChI is InChI=1S/C20H24ClF2N5O2/c21-17-15(23)16-14(8-24-17)18(25-7-12-2-5-29-10-12)27-19(26-16)30-11-20-3-1-4-28(20)9-13(22)6-20/h8,12-13H,1-7,9-11H2,(H,25,26,27)/t12-,13-,20+/m1/s1. The van der Waals surface area contributed by atoms with Crippen molar-refractivity contribution in [1.82, 2.24) is 19.9 Å². The predicted molar refractivity (Wildman–Crippen MR) is 108 cm³/mol. The Morgan fingerprint density at radius 1 is 1.40 bits per heavy atom. The van der Waals surface area contributed by atoms with E-state index < -0.39 is 12.0 Å². The molecule has 3 aliphatic rings. The maximum atomic E-state index is 14.7. The number of hydrogen-bond donors (Lipinski definition) is 1. The van der Waals surface area contributed by atoms with Crippen molar-refractivity contribution in [3.63, 3.8) is 0 Å². The second-order valence-electron chi connectivity index (χ2n) is 8.45. The van der Waals surface area contributed by atoms with Crippen molar-refractivity contribution in [2.75, 3.05) is 44.8 Å². The number of anilines is 1. The van der Waals surface area contributed by atoms with E-state index in [2.05, 4.69) is 25.2 Å². The number of hydrogen-bond acceptors (Lipinski definition) is 7. The normalized spacial score (nSPS) is 28.9. The van der Waals surface area contributed by atoms with Crippen LogP contribution in [0.5, 0.6) is 6.01 Å². The number of nitrogens with zero attached hydrogens (tertiary/aromatic N) is 4. The summed E-state index contributed by atoms with van der Waals surface area (Å²) in [5, 5.41) is 3.45. The van der Waals surface area contributed by atoms with Crippen LogP contribution in [-0.2, 0) is 4.74 Å². The first-order valence-electron chi connectivity index (χ1n) is 10.4. The molecule has 2 aromatic heterocycles. The highest BCUT2D eigenvalue weighted by Crippen LogP contribution is 2.40. The van der Waals surface area contributed by atoms with Gasteiger partial charge in [0, 0.05) is 38.2 Å². The van der Waals surface area contributed by atoms with Crippen molar-refractivity contribution in [2.45, 2.75) is 37.4 Å². The summed E-state index contributed by atoms with van der Waals surface area (Å²) in [6.45, 7) is 3.64. The molecular formula is C20H24ClF2N5O2. The summed E-state index contributed by atoms with van der Waals surface area (Å²) in [7, 11) is 0. The third-order valence-corrected chi connectivity index (χ3v) is 6.70. The summed E-state index contributed by atoms with van der Waals surface area (Å²) in [4.78, 5) is 14.8. The SMILES string of the molecule is Fc1c(Cl)ncc2c(NC[C@H]3CCOC3)nc(OC[C@@]34CCCN3C[C@H](F)C4)nc12. The van der Waals surface area contributed by atoms with Crippen LogP contribution in [0.4, 0.5) is 14.6 Å². The summed E-state index contributed by atoms with van der Waals surface area (Å²) >= 11 is 5.87. The maximum Gasteiger partial charge on any atom is 0.319 e. The highest BCUT2D eigenvalue weighted by Gasteiger charge is 2.49. The summed E-state index contributed by atoms with van der Waals surface area (Å²) in [5.41, 5.74) is -0.276. The second-order valence-corrected chi connectivity index (χ2v) is 8.81. The van der Waals surface area contributed by atoms with Gasteiger partial charge in [-0.2, -0.15) is 9.97 Å². The van der Waals surface area contributed by atoms with Gasteiger partial charge in [-0.05, 0) is 25.8 Å². The zero-order chi connectivity index (χ0) is 20.7. The Hall–Kier alpha value is -1.84. The second kappa shape index (κ2) is 8.01. The fourth-order valence-corrected chi connectivity index (χ4v) is 4.98. The molecule has 10 heteroatoms. The molecule has 3 fully saturated rings. The Morgan fingerprint density at radius 2 is 2.30 bits per heavy atom. The van der Waals surface area contributed by atoms with Gasteiger partial charge in [0.2, 0.25) is 0 Å². The van der Waals surface area contributed by atoms with E-state index in [-0.39, 0.29) is 28.8 Å². The first-order chi connectivity index (χ1) is 14.5. The van der Waals surface area contributed by atoms with Crippen LogP contribution in [0.25, 0.3) is 10.9 Å². The highest BCUT2D eigenvalue weighted by atomic mass is 35.5. The van der Waals surface area contributed by atoms with Crippen LogP contribution in [0.15, 0.2) is 6.20 Å². The number of ether oxygens (including phenoxy) is 2. The third kappa shape index (κ3) is 3.67. The van der Waals surface area contributed by atoms with Gasteiger partial charge in [-0.1, -0.05) is 11.6 Å². The molecule has 0 amide bonds. The molecule has 0 aromatic carbocycles. The van der Waals surface area contributed by atoms with Crippen LogP contribution in [0.3, 0.4) is 0 Å². The van der Waals surface area contributed by atoms with E-state index in [1.165, 1.54) is 6.20 Å². The minimum absolute atomic E-state index is 0.0531. The van der Waals surface area contributed by atoms with Crippen molar-refractivity contribution < 1.29 is 18.3 Å². The van der Waals surface area contributed by atoms with E-state index in [0.29, 0.717) is 43.2 Å². The highest BCUT2D eigenvalue weighted by molar-refractivity contribution is 6.30. The predicted octanol–water partition coefficient (Wildman–Crippen LogP) is 3.22. The van der Waals surface area contributed by atoms with Gasteiger partial charge in [0.25, 0.3) is 0 Å². The summed E-state index contributed by atoms with van der Waals surface area (Å²) < 4.78 is 40.0. The summed E-state index contributed by atoms with van der Waals surface area (Å²) in [6, 6.07) is 0.0531. The van der Waals surface area contributed by atoms with Crippen LogP contribution < -0.4 is 10.1 Å². The van der Waals surface area contributed by atoms with Crippen LogP contribution >= 0.6 is 11.6 Å². The van der Waals surface area contributed by atoms with E-state index in [0.717, 1.165) is 32.4 Å². The minimum Gasteiger partial charge on any atom is -0.461 e. The molecule has 2 aromatic rings. The van der Waals surface area contributed by atoms with Gasteiger partial charge < -0.3 is 14.8 Å². The van der Waals surface area contributed by atoms with E-state index in [1.54, 1.807) is 0 Å². The lowest BCUT2D eigenvalue weighted by Crippen LogP contribution is -2.43. The molecule has 0 radical (unpaired) electrons. The lowest BCUT2D eigenvalue weighted by molar-refractivity contribution is 0.107. The van der Waals surface area contributed by atoms with Crippen molar-refractivity contribution in [1.29, 1.82) is 0 Å². The van der Waals surface area contributed by atoms with Gasteiger partial charge >= 0.3 is 6.01 Å². The Balaban J connectivity index is 1.42. The molecule has 0 unspecified atom stereocenters. The molecule has 0 bridgehead atoms. The number of aromatic nitrogens is 3. The number of alkyl halides is 1. The van der Waals surface area contributed by atoms with Gasteiger partial charge in [-0.3, -0.25) is 4.90 Å². The molecule has 5 heterocycles. The molecule has 0 spiro atoms. The van der Waals surface area contributed by atoms with E-state index in [4.69, 9.17) is 21.1 Å². The van der Waals surface area contributed by atoms with Crippen molar-refractivity contribution in [3.05, 3.63) is 17.2 Å². The van der Waals surface area contributed by atoms with E-state index in [9.17, 15) is 8.78 Å². The van der Waals surface area contributed by atoms with Gasteiger partial charge in [0.05, 0.1) is 17.5 Å². The van der Waals surface area contributed by atoms with Crippen molar-refractivity contribution in [2.24, 2.45) is 5.92 Å². The molecule has 3 atom stereocenters. The molecule has 3 saturated heterocycles. The smallest absolute Gasteiger partial charge is 0.319 e. The summed E-state index contributed by atoms with van der Waals surface area (Å²) in [5.74, 6) is 0.0925. The Bertz CT molecular complexity index is 945. The number of nitrogens with one attached hydrogen (secondary N) is 1. The maximum absolute atomic E-state index is 14.7. The van der Waals surface area contributed by atoms with E-state index >= 15 is 0 Å². The molecule has 1 N–H and O–H groups in total. The number of fused-ring (bicyclic) bond motifs is 2. The molecular weight excluding hydrogens is 416 g/mol. The Labute approximate surface area is 178 Å². The van der Waals surface area contributed by atoms with Gasteiger partial charge in [-0.15, -0.1) is 0 Å². The lowest BCUT2D eigenvalue weighted by atomic mass is 9.95. The monoisotopic (exact) mass is 439 g/mol. The summed E-state index contributed by atoms with van der Waals surface area (Å²) in [6.07, 6.45) is 3.90. The lowest BCUT2D eigenvalue weighted by Gasteiger charge is -2.30. The topological polar surface area (TPSA) is 72.4 Å². The molecule has 30 heavy (non-hydrogen) atoms. The van der Waals surface area contributed by atoms with Crippen LogP contribution in [0.2, 0.25) is 5.15 Å². The Morgan fingerprint density at radius 3 is 3.13 bits per heavy atom. The molecule has 162 valence electrons. The average molecular weight is 440 g/mol. The number of pyridine rings is 1. The van der Waals surface area contributed by atoms with Crippen molar-refractivity contribution in [3.8, 4) is 6.01 Å². The van der Waals surface area contributed by atoms with Crippen LogP contribution in [-0.4, -0.2) is 71.0 Å². The van der Waals surface area contributed by atoms with Crippen LogP contribution in [0, 0.1) is 11.7 Å². The minimum atomic E-state index is -0.848. The molecule has 0 aliphatic carbocycles. The zero-order valence-electron chi connectivity index (χ0n) is 16.5. The molecule has 5 rings (SSSR count). The average Bonchev–Trinajstić information content (AvgIpc) is 3.44. The van der Waals surface area contributed by atoms with Crippen LogP contribution in [0.1, 0.15) is 25.7 Å². The fourth-order valence-electron chi connectivity index (χ4n) is 4.85. The first-order valence-corrected chi connectivity index (χ1v) is 10.8. The first kappa shape index (κ1) is 20.1. The molecule has 3 aliphatic heterocycles. The quantitative estimate of drug-likeness (QED) is 0.693. The number of rotatable bonds is 6. The largest absolute Gasteiger partial charge is 0.461 e. The van der Waals surface area contributed by atoms with Gasteiger partial charge in [0.15, 0.2) is 11.0 Å². The van der Waals surface area contributed by atoms with Crippen molar-refractivity contribution >= 4 is 28.3 Å². The van der Waals surface area contributed by atoms with E-state index in [1.807, 2.05) is 0 Å². The van der Waals surface area contributed by atoms with Gasteiger partial charge in [-0.25, -0.2) is 13.8 Å². The Kier molecular flexibility index (Phi) is 5.37. The zero-order valence-corrected chi connectivity index (χ0v) is 17.3. The molecule has 7 nitrogen and oxygen atoms in total.